The molecule has 0 aliphatic carbocycles. The van der Waals surface area contributed by atoms with Gasteiger partial charge in [-0.25, -0.2) is 0 Å². The summed E-state index contributed by atoms with van der Waals surface area (Å²) < 4.78 is 22.4. The Hall–Kier alpha value is -2.01. The Morgan fingerprint density at radius 1 is 1.29 bits per heavy atom. The Kier molecular flexibility index (Phi) is 3.59. The fraction of sp³-hybridized carbons (Fsp3) is 0.438. The van der Waals surface area contributed by atoms with Crippen LogP contribution in [-0.4, -0.2) is 26.3 Å². The van der Waals surface area contributed by atoms with E-state index in [-0.39, 0.29) is 24.6 Å². The maximum Gasteiger partial charge on any atom is 0.309 e. The van der Waals surface area contributed by atoms with E-state index >= 15 is 0 Å². The third kappa shape index (κ3) is 2.17. The molecule has 1 aromatic carbocycles. The van der Waals surface area contributed by atoms with Crippen molar-refractivity contribution in [2.24, 2.45) is 0 Å². The van der Waals surface area contributed by atoms with E-state index in [1.165, 1.54) is 0 Å². The van der Waals surface area contributed by atoms with Crippen molar-refractivity contribution in [3.63, 3.8) is 0 Å². The minimum atomic E-state index is -0.432. The summed E-state index contributed by atoms with van der Waals surface area (Å²) in [7, 11) is 3.21. The smallest absolute Gasteiger partial charge is 0.309 e. The van der Waals surface area contributed by atoms with Crippen molar-refractivity contribution in [1.29, 1.82) is 0 Å². The van der Waals surface area contributed by atoms with Crippen LogP contribution in [0, 0.1) is 0 Å². The van der Waals surface area contributed by atoms with Gasteiger partial charge in [-0.05, 0) is 18.6 Å². The molecule has 1 fully saturated rings. The molecular weight excluding hydrogens is 272 g/mol. The summed E-state index contributed by atoms with van der Waals surface area (Å²) in [6.07, 6.45) is 1.77. The van der Waals surface area contributed by atoms with E-state index in [1.54, 1.807) is 20.3 Å². The highest BCUT2D eigenvalue weighted by atomic mass is 16.6. The van der Waals surface area contributed by atoms with Crippen LogP contribution in [0.4, 0.5) is 0 Å². The van der Waals surface area contributed by atoms with E-state index in [1.807, 2.05) is 12.1 Å². The molecule has 5 heteroatoms. The maximum absolute atomic E-state index is 11.6. The van der Waals surface area contributed by atoms with Crippen molar-refractivity contribution in [2.75, 3.05) is 14.2 Å². The van der Waals surface area contributed by atoms with Gasteiger partial charge < -0.3 is 18.9 Å². The zero-order valence-corrected chi connectivity index (χ0v) is 12.1. The lowest BCUT2D eigenvalue weighted by Crippen LogP contribution is -2.28. The van der Waals surface area contributed by atoms with Gasteiger partial charge in [-0.3, -0.25) is 4.79 Å². The number of hydrogen-bond acceptors (Lipinski definition) is 5. The van der Waals surface area contributed by atoms with Crippen LogP contribution in [0.1, 0.15) is 36.2 Å². The van der Waals surface area contributed by atoms with Crippen molar-refractivity contribution in [1.82, 2.24) is 0 Å². The molecule has 2 aliphatic heterocycles. The monoisotopic (exact) mass is 290 g/mol. The van der Waals surface area contributed by atoms with Gasteiger partial charge in [0.25, 0.3) is 0 Å². The van der Waals surface area contributed by atoms with Gasteiger partial charge in [0, 0.05) is 11.1 Å². The number of carbonyl (C=O) groups excluding carboxylic acids is 1. The molecule has 3 rings (SSSR count). The molecule has 2 aliphatic rings. The van der Waals surface area contributed by atoms with E-state index in [4.69, 9.17) is 18.9 Å². The molecule has 2 heterocycles. The first-order chi connectivity index (χ1) is 10.2. The predicted octanol–water partition coefficient (Wildman–Crippen LogP) is 2.71. The van der Waals surface area contributed by atoms with E-state index in [0.29, 0.717) is 17.9 Å². The summed E-state index contributed by atoms with van der Waals surface area (Å²) in [5.41, 5.74) is 1.73. The maximum atomic E-state index is 11.6. The highest BCUT2D eigenvalue weighted by Crippen LogP contribution is 2.51. The Labute approximate surface area is 123 Å². The first-order valence-corrected chi connectivity index (χ1v) is 6.90. The van der Waals surface area contributed by atoms with Crippen LogP contribution in [0.5, 0.6) is 11.5 Å². The first kappa shape index (κ1) is 13.9. The number of esters is 1. The normalized spacial score (nSPS) is 26.6. The Balaban J connectivity index is 2.18. The average Bonchev–Trinajstić information content (AvgIpc) is 2.86. The fourth-order valence-corrected chi connectivity index (χ4v) is 3.08. The van der Waals surface area contributed by atoms with Crippen LogP contribution in [0.3, 0.4) is 0 Å². The number of rotatable bonds is 4. The second-order valence-electron chi connectivity index (χ2n) is 5.10. The van der Waals surface area contributed by atoms with Crippen molar-refractivity contribution >= 4 is 5.97 Å². The number of hydrogen-bond donors (Lipinski definition) is 0. The fourth-order valence-electron chi connectivity index (χ4n) is 3.08. The second kappa shape index (κ2) is 5.41. The van der Waals surface area contributed by atoms with Crippen LogP contribution >= 0.6 is 0 Å². The Bertz CT molecular complexity index is 580. The summed E-state index contributed by atoms with van der Waals surface area (Å²) in [5.74, 6) is 1.15. The molecule has 0 radical (unpaired) electrons. The lowest BCUT2D eigenvalue weighted by molar-refractivity contribution is -0.143. The number of carbonyl (C=O) groups is 1. The second-order valence-corrected chi connectivity index (χ2v) is 5.10. The summed E-state index contributed by atoms with van der Waals surface area (Å²) in [4.78, 5) is 11.6. The lowest BCUT2D eigenvalue weighted by Gasteiger charge is -2.34. The largest absolute Gasteiger partial charge is 0.496 e. The average molecular weight is 290 g/mol. The molecule has 0 spiro atoms. The molecule has 112 valence electrons. The number of fused-ring (bicyclic) bond motifs is 3. The molecule has 21 heavy (non-hydrogen) atoms. The minimum Gasteiger partial charge on any atom is -0.496 e. The Morgan fingerprint density at radius 2 is 1.95 bits per heavy atom. The van der Waals surface area contributed by atoms with Crippen molar-refractivity contribution in [3.05, 3.63) is 35.9 Å². The molecule has 3 atom stereocenters. The summed E-state index contributed by atoms with van der Waals surface area (Å²) in [6.45, 7) is 3.78. The van der Waals surface area contributed by atoms with Crippen LogP contribution in [0.2, 0.25) is 0 Å². The lowest BCUT2D eigenvalue weighted by atomic mass is 9.89. The van der Waals surface area contributed by atoms with Crippen molar-refractivity contribution in [3.8, 4) is 11.5 Å². The third-order valence-electron chi connectivity index (χ3n) is 3.94. The Morgan fingerprint density at radius 3 is 2.57 bits per heavy atom. The van der Waals surface area contributed by atoms with Crippen LogP contribution < -0.4 is 9.47 Å². The van der Waals surface area contributed by atoms with E-state index in [9.17, 15) is 4.79 Å². The molecule has 0 bridgehead atoms. The minimum absolute atomic E-state index is 0.210. The molecular formula is C16H18O5. The van der Waals surface area contributed by atoms with Crippen molar-refractivity contribution in [2.45, 2.75) is 31.2 Å². The van der Waals surface area contributed by atoms with Crippen LogP contribution in [0.15, 0.2) is 24.8 Å². The quantitative estimate of drug-likeness (QED) is 0.630. The van der Waals surface area contributed by atoms with Crippen LogP contribution in [0.25, 0.3) is 0 Å². The molecule has 0 saturated carbocycles. The van der Waals surface area contributed by atoms with E-state index < -0.39 is 6.10 Å². The predicted molar refractivity (Wildman–Crippen MR) is 75.4 cm³/mol. The van der Waals surface area contributed by atoms with Crippen molar-refractivity contribution < 1.29 is 23.7 Å². The third-order valence-corrected chi connectivity index (χ3v) is 3.94. The summed E-state index contributed by atoms with van der Waals surface area (Å²) in [6, 6.07) is 3.67. The molecule has 5 nitrogen and oxygen atoms in total. The van der Waals surface area contributed by atoms with Gasteiger partial charge in [0.2, 0.25) is 0 Å². The van der Waals surface area contributed by atoms with Gasteiger partial charge in [0.15, 0.2) is 6.10 Å². The number of methoxy groups -OCH3 is 2. The molecule has 0 N–H and O–H groups in total. The molecule has 0 aromatic heterocycles. The summed E-state index contributed by atoms with van der Waals surface area (Å²) in [5, 5.41) is 0. The zero-order valence-electron chi connectivity index (χ0n) is 12.1. The van der Waals surface area contributed by atoms with Crippen LogP contribution in [-0.2, 0) is 14.3 Å². The topological polar surface area (TPSA) is 54.0 Å². The van der Waals surface area contributed by atoms with Gasteiger partial charge in [-0.15, -0.1) is 6.58 Å². The zero-order chi connectivity index (χ0) is 15.0. The van der Waals surface area contributed by atoms with Gasteiger partial charge in [0.1, 0.15) is 17.6 Å². The van der Waals surface area contributed by atoms with E-state index in [2.05, 4.69) is 6.58 Å². The van der Waals surface area contributed by atoms with Gasteiger partial charge in [-0.2, -0.15) is 0 Å². The van der Waals surface area contributed by atoms with Gasteiger partial charge in [0.05, 0.1) is 26.7 Å². The summed E-state index contributed by atoms with van der Waals surface area (Å²) >= 11 is 0. The first-order valence-electron chi connectivity index (χ1n) is 6.90. The molecule has 1 aromatic rings. The number of benzene rings is 1. The molecule has 0 unspecified atom stereocenters. The van der Waals surface area contributed by atoms with Gasteiger partial charge in [-0.1, -0.05) is 6.08 Å². The highest BCUT2D eigenvalue weighted by Gasteiger charge is 2.46. The number of ether oxygens (including phenoxy) is 4. The highest BCUT2D eigenvalue weighted by molar-refractivity contribution is 5.74. The van der Waals surface area contributed by atoms with Gasteiger partial charge >= 0.3 is 5.97 Å². The van der Waals surface area contributed by atoms with E-state index in [0.717, 1.165) is 11.1 Å². The standard InChI is InChI=1S/C16H18O5/c1-4-5-11-14-9(18-2)6-7-10(19-3)15(14)16-12(20-11)8-13(17)21-16/h4,6-7,11-12,16H,1,5,8H2,2-3H3/t11-,12-,16+/m1/s1. The SMILES string of the molecule is C=CC[C@H]1O[C@@H]2CC(=O)O[C@@H]2c2c(OC)ccc(OC)c21. The molecule has 0 amide bonds. The molecule has 1 saturated heterocycles.